The van der Waals surface area contributed by atoms with Crippen LogP contribution in [-0.4, -0.2) is 34.2 Å². The molecule has 0 aliphatic heterocycles. The van der Waals surface area contributed by atoms with Crippen LogP contribution in [0.25, 0.3) is 0 Å². The van der Waals surface area contributed by atoms with Gasteiger partial charge in [0.05, 0.1) is 17.1 Å². The lowest BCUT2D eigenvalue weighted by molar-refractivity contribution is 0.0329. The third-order valence-electron chi connectivity index (χ3n) is 2.22. The third-order valence-corrected chi connectivity index (χ3v) is 3.11. The summed E-state index contributed by atoms with van der Waals surface area (Å²) in [7, 11) is -4.27. The highest BCUT2D eigenvalue weighted by Crippen LogP contribution is 2.18. The Bertz CT molecular complexity index is 603. The normalized spacial score (nSPS) is 11.4. The van der Waals surface area contributed by atoms with Crippen molar-refractivity contribution in [1.29, 1.82) is 0 Å². The topological polar surface area (TPSA) is 95.7 Å². The highest BCUT2D eigenvalue weighted by Gasteiger charge is 2.22. The molecule has 0 aliphatic rings. The summed E-state index contributed by atoms with van der Waals surface area (Å²) in [5.41, 5.74) is -0.842. The molecule has 0 heterocycles. The van der Waals surface area contributed by atoms with E-state index in [1.54, 1.807) is 6.92 Å². The molecular weight excluding hydrogens is 296 g/mol. The number of halogens is 2. The standard InChI is InChI=1S/C11H13F2NO5S/c1-2-18-3-4-19-11(15)8-5-7(20(14,16)17)6-9(12)10(8)13/h5-6H,2-4H2,1H3,(H2,14,16,17). The van der Waals surface area contributed by atoms with Crippen LogP contribution in [0.1, 0.15) is 17.3 Å². The molecule has 0 radical (unpaired) electrons. The molecule has 9 heteroatoms. The fourth-order valence-corrected chi connectivity index (χ4v) is 1.84. The smallest absolute Gasteiger partial charge is 0.341 e. The van der Waals surface area contributed by atoms with E-state index in [4.69, 9.17) is 9.88 Å². The molecule has 0 spiro atoms. The van der Waals surface area contributed by atoms with Gasteiger partial charge < -0.3 is 9.47 Å². The molecular formula is C11H13F2NO5S. The molecule has 0 unspecified atom stereocenters. The van der Waals surface area contributed by atoms with Gasteiger partial charge in [0.25, 0.3) is 0 Å². The summed E-state index contributed by atoms with van der Waals surface area (Å²) >= 11 is 0. The summed E-state index contributed by atoms with van der Waals surface area (Å²) in [6.45, 7) is 2.04. The number of nitrogens with two attached hydrogens (primary N) is 1. The van der Waals surface area contributed by atoms with Gasteiger partial charge >= 0.3 is 5.97 Å². The van der Waals surface area contributed by atoms with Crippen molar-refractivity contribution in [2.75, 3.05) is 19.8 Å². The second-order valence-corrected chi connectivity index (χ2v) is 5.21. The summed E-state index contributed by atoms with van der Waals surface area (Å²) in [6.07, 6.45) is 0. The van der Waals surface area contributed by atoms with Crippen molar-refractivity contribution in [3.05, 3.63) is 29.3 Å². The van der Waals surface area contributed by atoms with E-state index < -0.39 is 38.1 Å². The van der Waals surface area contributed by atoms with Gasteiger partial charge in [-0.25, -0.2) is 27.1 Å². The fourth-order valence-electron chi connectivity index (χ4n) is 1.29. The molecule has 20 heavy (non-hydrogen) atoms. The van der Waals surface area contributed by atoms with Crippen molar-refractivity contribution in [1.82, 2.24) is 0 Å². The Morgan fingerprint density at radius 2 is 1.95 bits per heavy atom. The molecule has 0 aromatic heterocycles. The van der Waals surface area contributed by atoms with Gasteiger partial charge in [-0.15, -0.1) is 0 Å². The Balaban J connectivity index is 2.99. The average molecular weight is 309 g/mol. The summed E-state index contributed by atoms with van der Waals surface area (Å²) < 4.78 is 58.4. The first-order valence-electron chi connectivity index (χ1n) is 5.54. The lowest BCUT2D eigenvalue weighted by Crippen LogP contribution is -2.17. The Morgan fingerprint density at radius 1 is 1.30 bits per heavy atom. The first-order chi connectivity index (χ1) is 9.27. The zero-order valence-corrected chi connectivity index (χ0v) is 11.4. The Kier molecular flexibility index (Phi) is 5.54. The minimum Gasteiger partial charge on any atom is -0.460 e. The van der Waals surface area contributed by atoms with Crippen molar-refractivity contribution in [2.45, 2.75) is 11.8 Å². The van der Waals surface area contributed by atoms with Crippen molar-refractivity contribution in [2.24, 2.45) is 5.14 Å². The van der Waals surface area contributed by atoms with Crippen LogP contribution < -0.4 is 5.14 Å². The monoisotopic (exact) mass is 309 g/mol. The maximum atomic E-state index is 13.5. The molecule has 1 rings (SSSR count). The summed E-state index contributed by atoms with van der Waals surface area (Å²) in [6, 6.07) is 1.01. The summed E-state index contributed by atoms with van der Waals surface area (Å²) in [5, 5.41) is 4.80. The minimum absolute atomic E-state index is 0.0845. The number of rotatable bonds is 6. The van der Waals surface area contributed by atoms with E-state index in [9.17, 15) is 22.0 Å². The first kappa shape index (κ1) is 16.5. The quantitative estimate of drug-likeness (QED) is 0.619. The van der Waals surface area contributed by atoms with Gasteiger partial charge in [0.2, 0.25) is 10.0 Å². The first-order valence-corrected chi connectivity index (χ1v) is 7.08. The molecule has 0 saturated heterocycles. The van der Waals surface area contributed by atoms with E-state index in [0.717, 1.165) is 0 Å². The largest absolute Gasteiger partial charge is 0.460 e. The Morgan fingerprint density at radius 3 is 2.50 bits per heavy atom. The molecule has 112 valence electrons. The zero-order valence-electron chi connectivity index (χ0n) is 10.6. The molecule has 0 fully saturated rings. The fraction of sp³-hybridized carbons (Fsp3) is 0.364. The predicted molar refractivity (Wildman–Crippen MR) is 64.5 cm³/mol. The van der Waals surface area contributed by atoms with Gasteiger partial charge in [0, 0.05) is 6.61 Å². The number of benzene rings is 1. The number of ether oxygens (including phenoxy) is 2. The zero-order chi connectivity index (χ0) is 15.3. The molecule has 6 nitrogen and oxygen atoms in total. The number of sulfonamides is 1. The van der Waals surface area contributed by atoms with Crippen molar-refractivity contribution >= 4 is 16.0 Å². The predicted octanol–water partition coefficient (Wildman–Crippen LogP) is 0.806. The molecule has 1 aromatic carbocycles. The van der Waals surface area contributed by atoms with Crippen LogP contribution >= 0.6 is 0 Å². The maximum absolute atomic E-state index is 13.5. The number of hydrogen-bond donors (Lipinski definition) is 1. The van der Waals surface area contributed by atoms with E-state index >= 15 is 0 Å². The van der Waals surface area contributed by atoms with Gasteiger partial charge in [-0.1, -0.05) is 0 Å². The summed E-state index contributed by atoms with van der Waals surface area (Å²) in [5.74, 6) is -4.21. The van der Waals surface area contributed by atoms with Crippen molar-refractivity contribution in [3.8, 4) is 0 Å². The maximum Gasteiger partial charge on any atom is 0.341 e. The van der Waals surface area contributed by atoms with E-state index in [1.165, 1.54) is 0 Å². The van der Waals surface area contributed by atoms with Crippen LogP contribution in [0.15, 0.2) is 17.0 Å². The molecule has 0 bridgehead atoms. The van der Waals surface area contributed by atoms with Crippen LogP contribution in [0, 0.1) is 11.6 Å². The van der Waals surface area contributed by atoms with Crippen LogP contribution in [0.4, 0.5) is 8.78 Å². The highest BCUT2D eigenvalue weighted by molar-refractivity contribution is 7.89. The Hall–Kier alpha value is -1.58. The van der Waals surface area contributed by atoms with E-state index in [1.807, 2.05) is 0 Å². The average Bonchev–Trinajstić information content (AvgIpc) is 2.36. The van der Waals surface area contributed by atoms with Crippen LogP contribution in [0.3, 0.4) is 0 Å². The third kappa shape index (κ3) is 4.22. The van der Waals surface area contributed by atoms with E-state index in [2.05, 4.69) is 4.74 Å². The van der Waals surface area contributed by atoms with Crippen LogP contribution in [0.5, 0.6) is 0 Å². The SMILES string of the molecule is CCOCCOC(=O)c1cc(S(N)(=O)=O)cc(F)c1F. The lowest BCUT2D eigenvalue weighted by atomic mass is 10.2. The lowest BCUT2D eigenvalue weighted by Gasteiger charge is -2.08. The van der Waals surface area contributed by atoms with Crippen LogP contribution in [-0.2, 0) is 19.5 Å². The second-order valence-electron chi connectivity index (χ2n) is 3.64. The van der Waals surface area contributed by atoms with Gasteiger partial charge in [-0.3, -0.25) is 0 Å². The minimum atomic E-state index is -4.27. The Labute approximate surface area is 114 Å². The molecule has 2 N–H and O–H groups in total. The number of carbonyl (C=O) groups excluding carboxylic acids is 1. The molecule has 0 saturated carbocycles. The van der Waals surface area contributed by atoms with Crippen LogP contribution in [0.2, 0.25) is 0 Å². The number of primary sulfonamides is 1. The van der Waals surface area contributed by atoms with Gasteiger partial charge in [0.1, 0.15) is 6.61 Å². The van der Waals surface area contributed by atoms with Crippen molar-refractivity contribution in [3.63, 3.8) is 0 Å². The number of carbonyl (C=O) groups is 1. The second kappa shape index (κ2) is 6.73. The molecule has 1 aromatic rings. The van der Waals surface area contributed by atoms with Gasteiger partial charge in [-0.05, 0) is 19.1 Å². The molecule has 0 aliphatic carbocycles. The van der Waals surface area contributed by atoms with E-state index in [-0.39, 0.29) is 13.2 Å². The van der Waals surface area contributed by atoms with Gasteiger partial charge in [0.15, 0.2) is 11.6 Å². The van der Waals surface area contributed by atoms with Gasteiger partial charge in [-0.2, -0.15) is 0 Å². The number of esters is 1. The van der Waals surface area contributed by atoms with Crippen molar-refractivity contribution < 1.29 is 31.5 Å². The molecule has 0 amide bonds. The van der Waals surface area contributed by atoms with E-state index in [0.29, 0.717) is 18.7 Å². The molecule has 0 atom stereocenters. The summed E-state index contributed by atoms with van der Waals surface area (Å²) in [4.78, 5) is 10.8. The number of hydrogen-bond acceptors (Lipinski definition) is 5. The highest BCUT2D eigenvalue weighted by atomic mass is 32.2.